The van der Waals surface area contributed by atoms with Gasteiger partial charge in [-0.15, -0.1) is 0 Å². The number of nitriles is 1. The number of anilines is 1. The molecule has 2 heterocycles. The summed E-state index contributed by atoms with van der Waals surface area (Å²) < 4.78 is 5.83. The minimum atomic E-state index is -0.572. The third-order valence-corrected chi connectivity index (χ3v) is 6.22. The minimum absolute atomic E-state index is 0.0407. The topological polar surface area (TPSA) is 107 Å². The highest BCUT2D eigenvalue weighted by atomic mass is 16.5. The standard InChI is InChI=1S/C28H29N5O3/c1-19(22-10-8-21(14-29)9-11-22)15-31-27(23-6-4-3-5-7-23)28(35)32-26-13-12-24(16-30-26)36-25-17-33(18-25)20(2)34/h3-13,16,19,25,27,31H,15,17-18H2,1-2H3,(H,30,32,35)/t19-,27-/m1/s1. The first-order chi connectivity index (χ1) is 17.4. The van der Waals surface area contributed by atoms with Crippen LogP contribution in [-0.4, -0.2) is 47.4 Å². The largest absolute Gasteiger partial charge is 0.485 e. The molecular weight excluding hydrogens is 454 g/mol. The molecule has 184 valence electrons. The van der Waals surface area contributed by atoms with Crippen molar-refractivity contribution in [2.24, 2.45) is 0 Å². The second kappa shape index (κ2) is 11.5. The number of benzene rings is 2. The smallest absolute Gasteiger partial charge is 0.247 e. The van der Waals surface area contributed by atoms with Crippen LogP contribution in [0.3, 0.4) is 0 Å². The highest BCUT2D eigenvalue weighted by molar-refractivity contribution is 5.94. The highest BCUT2D eigenvalue weighted by Gasteiger charge is 2.30. The van der Waals surface area contributed by atoms with E-state index in [1.165, 1.54) is 0 Å². The summed E-state index contributed by atoms with van der Waals surface area (Å²) in [6.07, 6.45) is 1.53. The van der Waals surface area contributed by atoms with Crippen LogP contribution in [0.2, 0.25) is 0 Å². The molecule has 3 aromatic rings. The van der Waals surface area contributed by atoms with Crippen LogP contribution < -0.4 is 15.4 Å². The fourth-order valence-electron chi connectivity index (χ4n) is 3.99. The van der Waals surface area contributed by atoms with Crippen molar-refractivity contribution in [3.63, 3.8) is 0 Å². The number of ether oxygens (including phenoxy) is 1. The van der Waals surface area contributed by atoms with E-state index < -0.39 is 6.04 Å². The molecule has 1 aromatic heterocycles. The number of aromatic nitrogens is 1. The maximum absolute atomic E-state index is 13.2. The van der Waals surface area contributed by atoms with Gasteiger partial charge in [0.1, 0.15) is 23.7 Å². The van der Waals surface area contributed by atoms with Crippen LogP contribution in [-0.2, 0) is 9.59 Å². The Balaban J connectivity index is 1.37. The fourth-order valence-corrected chi connectivity index (χ4v) is 3.99. The summed E-state index contributed by atoms with van der Waals surface area (Å²) in [5.41, 5.74) is 2.56. The lowest BCUT2D eigenvalue weighted by Crippen LogP contribution is -2.55. The van der Waals surface area contributed by atoms with Gasteiger partial charge in [-0.1, -0.05) is 49.4 Å². The van der Waals surface area contributed by atoms with E-state index in [0.29, 0.717) is 36.8 Å². The number of nitrogens with one attached hydrogen (secondary N) is 2. The van der Waals surface area contributed by atoms with Crippen molar-refractivity contribution in [3.05, 3.63) is 89.6 Å². The second-order valence-electron chi connectivity index (χ2n) is 8.92. The van der Waals surface area contributed by atoms with E-state index >= 15 is 0 Å². The SMILES string of the molecule is CC(=O)N1CC(Oc2ccc(NC(=O)[C@H](NC[C@@H](C)c3ccc(C#N)cc3)c3ccccc3)nc2)C1. The van der Waals surface area contributed by atoms with Gasteiger partial charge in [0, 0.05) is 13.5 Å². The number of nitrogens with zero attached hydrogens (tertiary/aromatic N) is 3. The van der Waals surface area contributed by atoms with Crippen LogP contribution >= 0.6 is 0 Å². The van der Waals surface area contributed by atoms with E-state index in [4.69, 9.17) is 10.00 Å². The predicted molar refractivity (Wildman–Crippen MR) is 136 cm³/mol. The van der Waals surface area contributed by atoms with Crippen LogP contribution in [0.1, 0.15) is 42.5 Å². The number of carbonyl (C=O) groups excluding carboxylic acids is 2. The molecular formula is C28H29N5O3. The second-order valence-corrected chi connectivity index (χ2v) is 8.92. The average Bonchev–Trinajstić information content (AvgIpc) is 2.87. The molecule has 8 nitrogen and oxygen atoms in total. The molecule has 1 aliphatic heterocycles. The van der Waals surface area contributed by atoms with E-state index in [9.17, 15) is 9.59 Å². The molecule has 0 saturated carbocycles. The van der Waals surface area contributed by atoms with Crippen molar-refractivity contribution in [2.45, 2.75) is 31.9 Å². The van der Waals surface area contributed by atoms with Crippen LogP contribution in [0.5, 0.6) is 5.75 Å². The minimum Gasteiger partial charge on any atom is -0.485 e. The lowest BCUT2D eigenvalue weighted by Gasteiger charge is -2.38. The van der Waals surface area contributed by atoms with Gasteiger partial charge in [-0.25, -0.2) is 4.98 Å². The Bertz CT molecular complexity index is 1220. The number of hydrogen-bond donors (Lipinski definition) is 2. The Kier molecular flexibility index (Phi) is 7.93. The summed E-state index contributed by atoms with van der Waals surface area (Å²) in [5.74, 6) is 0.977. The summed E-state index contributed by atoms with van der Waals surface area (Å²) in [5, 5.41) is 15.3. The molecule has 2 atom stereocenters. The molecule has 2 amide bonds. The number of hydrogen-bond acceptors (Lipinski definition) is 6. The Hall–Kier alpha value is -4.22. The number of likely N-dealkylation sites (tertiary alicyclic amines) is 1. The molecule has 1 fully saturated rings. The number of amides is 2. The Morgan fingerprint density at radius 3 is 2.42 bits per heavy atom. The normalized spacial score (nSPS) is 14.8. The molecule has 0 unspecified atom stereocenters. The van der Waals surface area contributed by atoms with Gasteiger partial charge >= 0.3 is 0 Å². The zero-order chi connectivity index (χ0) is 25.5. The fraction of sp³-hybridized carbons (Fsp3) is 0.286. The lowest BCUT2D eigenvalue weighted by molar-refractivity contribution is -0.137. The van der Waals surface area contributed by atoms with Crippen molar-refractivity contribution in [1.82, 2.24) is 15.2 Å². The third kappa shape index (κ3) is 6.26. The first-order valence-electron chi connectivity index (χ1n) is 11.9. The molecule has 0 bridgehead atoms. The van der Waals surface area contributed by atoms with Crippen LogP contribution in [0, 0.1) is 11.3 Å². The van der Waals surface area contributed by atoms with Gasteiger partial charge in [0.25, 0.3) is 0 Å². The van der Waals surface area contributed by atoms with Gasteiger partial charge in [0.15, 0.2) is 0 Å². The van der Waals surface area contributed by atoms with E-state index in [2.05, 4.69) is 28.6 Å². The number of rotatable bonds is 9. The molecule has 0 spiro atoms. The average molecular weight is 484 g/mol. The van der Waals surface area contributed by atoms with E-state index in [0.717, 1.165) is 11.1 Å². The zero-order valence-corrected chi connectivity index (χ0v) is 20.3. The van der Waals surface area contributed by atoms with E-state index in [1.54, 1.807) is 42.3 Å². The van der Waals surface area contributed by atoms with Crippen LogP contribution in [0.4, 0.5) is 5.82 Å². The third-order valence-electron chi connectivity index (χ3n) is 6.22. The highest BCUT2D eigenvalue weighted by Crippen LogP contribution is 2.21. The van der Waals surface area contributed by atoms with Crippen molar-refractivity contribution >= 4 is 17.6 Å². The maximum Gasteiger partial charge on any atom is 0.247 e. The molecule has 36 heavy (non-hydrogen) atoms. The molecule has 0 radical (unpaired) electrons. The maximum atomic E-state index is 13.2. The van der Waals surface area contributed by atoms with Gasteiger partial charge in [-0.05, 0) is 41.3 Å². The Morgan fingerprint density at radius 2 is 1.81 bits per heavy atom. The van der Waals surface area contributed by atoms with Crippen molar-refractivity contribution in [2.75, 3.05) is 25.0 Å². The van der Waals surface area contributed by atoms with Gasteiger partial charge in [0.05, 0.1) is 30.9 Å². The molecule has 8 heteroatoms. The summed E-state index contributed by atoms with van der Waals surface area (Å²) >= 11 is 0. The predicted octanol–water partition coefficient (Wildman–Crippen LogP) is 3.64. The summed E-state index contributed by atoms with van der Waals surface area (Å²) in [6, 6.07) is 22.1. The first kappa shape index (κ1) is 24.9. The van der Waals surface area contributed by atoms with Gasteiger partial charge in [0.2, 0.25) is 11.8 Å². The van der Waals surface area contributed by atoms with Crippen molar-refractivity contribution in [1.29, 1.82) is 5.26 Å². The number of carbonyl (C=O) groups is 2. The molecule has 2 N–H and O–H groups in total. The molecule has 0 aliphatic carbocycles. The number of pyridine rings is 1. The lowest BCUT2D eigenvalue weighted by atomic mass is 9.98. The molecule has 1 aliphatic rings. The molecule has 2 aromatic carbocycles. The first-order valence-corrected chi connectivity index (χ1v) is 11.9. The monoisotopic (exact) mass is 483 g/mol. The zero-order valence-electron chi connectivity index (χ0n) is 20.3. The Morgan fingerprint density at radius 1 is 1.08 bits per heavy atom. The van der Waals surface area contributed by atoms with Crippen LogP contribution in [0.25, 0.3) is 0 Å². The summed E-state index contributed by atoms with van der Waals surface area (Å²) in [4.78, 5) is 30.6. The Labute approximate surface area is 210 Å². The van der Waals surface area contributed by atoms with E-state index in [-0.39, 0.29) is 23.8 Å². The summed E-state index contributed by atoms with van der Waals surface area (Å²) in [6.45, 7) is 5.32. The van der Waals surface area contributed by atoms with Crippen molar-refractivity contribution < 1.29 is 14.3 Å². The van der Waals surface area contributed by atoms with Crippen LogP contribution in [0.15, 0.2) is 72.9 Å². The molecule has 1 saturated heterocycles. The quantitative estimate of drug-likeness (QED) is 0.481. The van der Waals surface area contributed by atoms with Crippen molar-refractivity contribution in [3.8, 4) is 11.8 Å². The summed E-state index contributed by atoms with van der Waals surface area (Å²) in [7, 11) is 0. The van der Waals surface area contributed by atoms with Gasteiger partial charge < -0.3 is 20.3 Å². The molecule has 4 rings (SSSR count). The van der Waals surface area contributed by atoms with Gasteiger partial charge in [-0.3, -0.25) is 9.59 Å². The van der Waals surface area contributed by atoms with E-state index in [1.807, 2.05) is 42.5 Å². The van der Waals surface area contributed by atoms with Gasteiger partial charge in [-0.2, -0.15) is 5.26 Å².